The van der Waals surface area contributed by atoms with Crippen molar-refractivity contribution in [3.8, 4) is 0 Å². The van der Waals surface area contributed by atoms with E-state index in [2.05, 4.69) is 23.7 Å². The van der Waals surface area contributed by atoms with E-state index in [1.807, 2.05) is 35.2 Å². The van der Waals surface area contributed by atoms with Crippen LogP contribution in [0, 0.1) is 5.41 Å². The van der Waals surface area contributed by atoms with E-state index in [1.54, 1.807) is 6.20 Å². The molecule has 3 rings (SSSR count). The molecule has 0 aromatic carbocycles. The van der Waals surface area contributed by atoms with Gasteiger partial charge in [-0.1, -0.05) is 6.07 Å². The van der Waals surface area contributed by atoms with Crippen LogP contribution in [0.1, 0.15) is 38.7 Å². The Labute approximate surface area is 156 Å². The SMILES string of the molecule is CC(C)N(C)CC(=O)N1CCC2(CC1)CC(=O)N(Cc1cccnc1)C2. The van der Waals surface area contributed by atoms with Crippen molar-refractivity contribution in [1.29, 1.82) is 0 Å². The highest BCUT2D eigenvalue weighted by Crippen LogP contribution is 2.41. The zero-order valence-electron chi connectivity index (χ0n) is 16.1. The summed E-state index contributed by atoms with van der Waals surface area (Å²) in [5.74, 6) is 0.431. The summed E-state index contributed by atoms with van der Waals surface area (Å²) in [6, 6.07) is 4.28. The second kappa shape index (κ2) is 7.74. The fourth-order valence-corrected chi connectivity index (χ4v) is 3.90. The van der Waals surface area contributed by atoms with Crippen molar-refractivity contribution in [1.82, 2.24) is 19.7 Å². The van der Waals surface area contributed by atoms with E-state index in [1.165, 1.54) is 0 Å². The zero-order chi connectivity index (χ0) is 18.7. The van der Waals surface area contributed by atoms with Gasteiger partial charge in [0.2, 0.25) is 11.8 Å². The predicted octanol–water partition coefficient (Wildman–Crippen LogP) is 1.76. The number of aromatic nitrogens is 1. The third-order valence-electron chi connectivity index (χ3n) is 5.94. The normalized spacial score (nSPS) is 19.8. The lowest BCUT2D eigenvalue weighted by Crippen LogP contribution is -2.47. The Kier molecular flexibility index (Phi) is 5.61. The molecule has 2 aliphatic rings. The minimum atomic E-state index is 0.0417. The average Bonchev–Trinajstić information content (AvgIpc) is 2.91. The van der Waals surface area contributed by atoms with E-state index >= 15 is 0 Å². The highest BCUT2D eigenvalue weighted by Gasteiger charge is 2.45. The fraction of sp³-hybridized carbons (Fsp3) is 0.650. The highest BCUT2D eigenvalue weighted by molar-refractivity contribution is 5.80. The second-order valence-electron chi connectivity index (χ2n) is 8.18. The number of carbonyl (C=O) groups is 2. The first-order chi connectivity index (χ1) is 12.4. The van der Waals surface area contributed by atoms with Crippen molar-refractivity contribution in [3.05, 3.63) is 30.1 Å². The van der Waals surface area contributed by atoms with Crippen molar-refractivity contribution < 1.29 is 9.59 Å². The molecule has 26 heavy (non-hydrogen) atoms. The van der Waals surface area contributed by atoms with Crippen molar-refractivity contribution in [2.75, 3.05) is 33.2 Å². The molecule has 1 aromatic rings. The van der Waals surface area contributed by atoms with Gasteiger partial charge in [0.15, 0.2) is 0 Å². The Hall–Kier alpha value is -1.95. The third kappa shape index (κ3) is 4.23. The molecule has 3 heterocycles. The molecule has 0 saturated carbocycles. The second-order valence-corrected chi connectivity index (χ2v) is 8.18. The van der Waals surface area contributed by atoms with Gasteiger partial charge in [-0.25, -0.2) is 0 Å². The molecule has 0 atom stereocenters. The van der Waals surface area contributed by atoms with Gasteiger partial charge in [-0.05, 0) is 45.4 Å². The summed E-state index contributed by atoms with van der Waals surface area (Å²) < 4.78 is 0. The number of piperidine rings is 1. The van der Waals surface area contributed by atoms with Gasteiger partial charge in [-0.2, -0.15) is 0 Å². The van der Waals surface area contributed by atoms with Crippen molar-refractivity contribution in [3.63, 3.8) is 0 Å². The molecular formula is C20H30N4O2. The summed E-state index contributed by atoms with van der Waals surface area (Å²) in [7, 11) is 1.99. The molecule has 142 valence electrons. The number of hydrogen-bond acceptors (Lipinski definition) is 4. The molecule has 2 fully saturated rings. The minimum Gasteiger partial charge on any atom is -0.342 e. The molecule has 6 nitrogen and oxygen atoms in total. The minimum absolute atomic E-state index is 0.0417. The van der Waals surface area contributed by atoms with Crippen LogP contribution in [-0.2, 0) is 16.1 Å². The Morgan fingerprint density at radius 2 is 2.08 bits per heavy atom. The first kappa shape index (κ1) is 18.8. The maximum Gasteiger partial charge on any atom is 0.236 e. The van der Waals surface area contributed by atoms with E-state index in [-0.39, 0.29) is 17.2 Å². The van der Waals surface area contributed by atoms with Crippen molar-refractivity contribution >= 4 is 11.8 Å². The van der Waals surface area contributed by atoms with E-state index in [4.69, 9.17) is 0 Å². The molecule has 2 saturated heterocycles. The van der Waals surface area contributed by atoms with Gasteiger partial charge < -0.3 is 9.80 Å². The maximum atomic E-state index is 12.5. The third-order valence-corrected chi connectivity index (χ3v) is 5.94. The molecular weight excluding hydrogens is 328 g/mol. The summed E-state index contributed by atoms with van der Waals surface area (Å²) in [5, 5.41) is 0. The van der Waals surface area contributed by atoms with Gasteiger partial charge >= 0.3 is 0 Å². The lowest BCUT2D eigenvalue weighted by Gasteiger charge is -2.39. The molecule has 1 spiro atoms. The number of carbonyl (C=O) groups excluding carboxylic acids is 2. The summed E-state index contributed by atoms with van der Waals surface area (Å²) in [5.41, 5.74) is 1.11. The van der Waals surface area contributed by atoms with Gasteiger partial charge in [0.05, 0.1) is 6.54 Å². The van der Waals surface area contributed by atoms with Crippen LogP contribution >= 0.6 is 0 Å². The predicted molar refractivity (Wildman–Crippen MR) is 100 cm³/mol. The molecule has 0 N–H and O–H groups in total. The average molecular weight is 358 g/mol. The van der Waals surface area contributed by atoms with Gasteiger partial charge in [0, 0.05) is 56.5 Å². The largest absolute Gasteiger partial charge is 0.342 e. The number of likely N-dealkylation sites (tertiary alicyclic amines) is 2. The first-order valence-electron chi connectivity index (χ1n) is 9.53. The number of likely N-dealkylation sites (N-methyl/N-ethyl adjacent to an activating group) is 1. The summed E-state index contributed by atoms with van der Waals surface area (Å²) >= 11 is 0. The Balaban J connectivity index is 1.54. The monoisotopic (exact) mass is 358 g/mol. The van der Waals surface area contributed by atoms with Crippen LogP contribution < -0.4 is 0 Å². The maximum absolute atomic E-state index is 12.5. The van der Waals surface area contributed by atoms with E-state index in [0.717, 1.165) is 38.0 Å². The molecule has 6 heteroatoms. The standard InChI is InChI=1S/C20H30N4O2/c1-16(2)22(3)14-19(26)23-9-6-20(7-10-23)11-18(25)24(15-20)13-17-5-4-8-21-12-17/h4-5,8,12,16H,6-7,9-11,13-15H2,1-3H3. The fourth-order valence-electron chi connectivity index (χ4n) is 3.90. The smallest absolute Gasteiger partial charge is 0.236 e. The van der Waals surface area contributed by atoms with Gasteiger partial charge in [0.25, 0.3) is 0 Å². The summed E-state index contributed by atoms with van der Waals surface area (Å²) in [6.07, 6.45) is 6.02. The number of amides is 2. The van der Waals surface area contributed by atoms with E-state index < -0.39 is 0 Å². The topological polar surface area (TPSA) is 56.8 Å². The summed E-state index contributed by atoms with van der Waals surface area (Å²) in [6.45, 7) is 7.62. The van der Waals surface area contributed by atoms with Crippen LogP contribution in [0.15, 0.2) is 24.5 Å². The Bertz CT molecular complexity index is 638. The molecule has 0 radical (unpaired) electrons. The van der Waals surface area contributed by atoms with E-state index in [0.29, 0.717) is 25.6 Å². The van der Waals surface area contributed by atoms with Crippen LogP contribution in [0.5, 0.6) is 0 Å². The highest BCUT2D eigenvalue weighted by atomic mass is 16.2. The van der Waals surface area contributed by atoms with Crippen molar-refractivity contribution in [2.24, 2.45) is 5.41 Å². The molecule has 1 aromatic heterocycles. The molecule has 0 bridgehead atoms. The Morgan fingerprint density at radius 3 is 2.69 bits per heavy atom. The quantitative estimate of drug-likeness (QED) is 0.805. The van der Waals surface area contributed by atoms with Crippen LogP contribution in [0.4, 0.5) is 0 Å². The zero-order valence-corrected chi connectivity index (χ0v) is 16.1. The number of rotatable bonds is 5. The van der Waals surface area contributed by atoms with Crippen LogP contribution in [0.25, 0.3) is 0 Å². The Morgan fingerprint density at radius 1 is 1.35 bits per heavy atom. The van der Waals surface area contributed by atoms with Crippen LogP contribution in [-0.4, -0.2) is 70.8 Å². The van der Waals surface area contributed by atoms with E-state index in [9.17, 15) is 9.59 Å². The van der Waals surface area contributed by atoms with Gasteiger partial charge in [-0.15, -0.1) is 0 Å². The lowest BCUT2D eigenvalue weighted by molar-refractivity contribution is -0.134. The van der Waals surface area contributed by atoms with Gasteiger partial charge in [-0.3, -0.25) is 19.5 Å². The molecule has 0 aliphatic carbocycles. The molecule has 2 amide bonds. The first-order valence-corrected chi connectivity index (χ1v) is 9.53. The van der Waals surface area contributed by atoms with Crippen molar-refractivity contribution in [2.45, 2.75) is 45.7 Å². The van der Waals surface area contributed by atoms with Crippen LogP contribution in [0.3, 0.4) is 0 Å². The molecule has 0 unspecified atom stereocenters. The number of nitrogens with zero attached hydrogens (tertiary/aromatic N) is 4. The number of hydrogen-bond donors (Lipinski definition) is 0. The van der Waals surface area contributed by atoms with Gasteiger partial charge in [0.1, 0.15) is 0 Å². The van der Waals surface area contributed by atoms with Crippen LogP contribution in [0.2, 0.25) is 0 Å². The molecule has 2 aliphatic heterocycles. The lowest BCUT2D eigenvalue weighted by atomic mass is 9.77. The summed E-state index contributed by atoms with van der Waals surface area (Å²) in [4.78, 5) is 35.1. The number of pyridine rings is 1.